The lowest BCUT2D eigenvalue weighted by Gasteiger charge is -2.26. The zero-order valence-electron chi connectivity index (χ0n) is 10.4. The number of rotatable bonds is 6. The van der Waals surface area contributed by atoms with Crippen molar-refractivity contribution in [3.05, 3.63) is 28.7 Å². The van der Waals surface area contributed by atoms with Crippen molar-refractivity contribution in [2.75, 3.05) is 38.1 Å². The molecule has 0 radical (unpaired) electrons. The van der Waals surface area contributed by atoms with E-state index in [0.717, 1.165) is 30.7 Å². The van der Waals surface area contributed by atoms with Crippen LogP contribution >= 0.6 is 15.9 Å². The van der Waals surface area contributed by atoms with Gasteiger partial charge in [-0.1, -0.05) is 28.9 Å². The van der Waals surface area contributed by atoms with E-state index >= 15 is 0 Å². The first-order valence-corrected chi connectivity index (χ1v) is 6.65. The van der Waals surface area contributed by atoms with Crippen LogP contribution in [0.3, 0.4) is 0 Å². The summed E-state index contributed by atoms with van der Waals surface area (Å²) in [6.07, 6.45) is 0. The van der Waals surface area contributed by atoms with Crippen LogP contribution in [0.4, 0.5) is 5.69 Å². The molecule has 0 bridgehead atoms. The van der Waals surface area contributed by atoms with Gasteiger partial charge in [0.1, 0.15) is 0 Å². The van der Waals surface area contributed by atoms with Gasteiger partial charge in [-0.2, -0.15) is 0 Å². The second-order valence-electron chi connectivity index (χ2n) is 3.96. The number of nitrogens with zero attached hydrogens (tertiary/aromatic N) is 2. The van der Waals surface area contributed by atoms with Crippen molar-refractivity contribution in [2.24, 2.45) is 0 Å². The molecule has 1 aromatic rings. The molecule has 0 saturated carbocycles. The summed E-state index contributed by atoms with van der Waals surface area (Å²) in [5.41, 5.74) is 1.29. The van der Waals surface area contributed by atoms with E-state index in [4.69, 9.17) is 0 Å². The van der Waals surface area contributed by atoms with Gasteiger partial charge in [0.25, 0.3) is 0 Å². The molecule has 0 saturated heterocycles. The number of halogens is 1. The fraction of sp³-hybridized carbons (Fsp3) is 0.538. The summed E-state index contributed by atoms with van der Waals surface area (Å²) in [6.45, 7) is 8.74. The van der Waals surface area contributed by atoms with Crippen LogP contribution < -0.4 is 4.90 Å². The topological polar surface area (TPSA) is 6.48 Å². The van der Waals surface area contributed by atoms with Crippen LogP contribution in [0.1, 0.15) is 13.8 Å². The quantitative estimate of drug-likeness (QED) is 0.791. The predicted octanol–water partition coefficient (Wildman–Crippen LogP) is 3.23. The maximum absolute atomic E-state index is 3.52. The molecule has 3 heteroatoms. The van der Waals surface area contributed by atoms with Crippen molar-refractivity contribution >= 4 is 21.6 Å². The first-order chi connectivity index (χ1) is 7.67. The number of likely N-dealkylation sites (N-methyl/N-ethyl adjacent to an activating group) is 2. The van der Waals surface area contributed by atoms with Gasteiger partial charge in [-0.3, -0.25) is 0 Å². The van der Waals surface area contributed by atoms with E-state index in [1.807, 2.05) is 0 Å². The summed E-state index contributed by atoms with van der Waals surface area (Å²) in [4.78, 5) is 4.73. The molecule has 0 atom stereocenters. The fourth-order valence-electron chi connectivity index (χ4n) is 1.59. The maximum Gasteiger partial charge on any atom is 0.0377 e. The van der Waals surface area contributed by atoms with E-state index in [0.29, 0.717) is 0 Å². The third-order valence-corrected chi connectivity index (χ3v) is 3.34. The molecule has 0 spiro atoms. The lowest BCUT2D eigenvalue weighted by atomic mass is 10.3. The molecule has 1 rings (SSSR count). The summed E-state index contributed by atoms with van der Waals surface area (Å²) >= 11 is 3.52. The van der Waals surface area contributed by atoms with Gasteiger partial charge >= 0.3 is 0 Å². The Bertz CT molecular complexity index is 315. The van der Waals surface area contributed by atoms with Crippen LogP contribution in [0.2, 0.25) is 0 Å². The van der Waals surface area contributed by atoms with E-state index in [9.17, 15) is 0 Å². The summed E-state index contributed by atoms with van der Waals surface area (Å²) < 4.78 is 1.15. The lowest BCUT2D eigenvalue weighted by molar-refractivity contribution is 0.359. The summed E-state index contributed by atoms with van der Waals surface area (Å²) in [7, 11) is 2.16. The van der Waals surface area contributed by atoms with E-state index in [1.54, 1.807) is 0 Å². The molecule has 0 aliphatic carbocycles. The van der Waals surface area contributed by atoms with Crippen molar-refractivity contribution in [3.63, 3.8) is 0 Å². The third kappa shape index (κ3) is 4.14. The fourth-order valence-corrected chi connectivity index (χ4v) is 1.98. The highest BCUT2D eigenvalue weighted by Gasteiger charge is 2.05. The van der Waals surface area contributed by atoms with Crippen LogP contribution in [-0.4, -0.2) is 38.1 Å². The van der Waals surface area contributed by atoms with Gasteiger partial charge in [0.05, 0.1) is 0 Å². The molecule has 0 unspecified atom stereocenters. The molecule has 0 heterocycles. The Morgan fingerprint density at radius 1 is 1.12 bits per heavy atom. The van der Waals surface area contributed by atoms with Gasteiger partial charge < -0.3 is 9.80 Å². The van der Waals surface area contributed by atoms with Crippen molar-refractivity contribution in [1.82, 2.24) is 4.90 Å². The molecule has 1 aromatic carbocycles. The van der Waals surface area contributed by atoms with E-state index < -0.39 is 0 Å². The van der Waals surface area contributed by atoms with Gasteiger partial charge in [-0.25, -0.2) is 0 Å². The number of anilines is 1. The normalized spacial score (nSPS) is 10.8. The van der Waals surface area contributed by atoms with Crippen molar-refractivity contribution < 1.29 is 0 Å². The molecule has 0 aromatic heterocycles. The van der Waals surface area contributed by atoms with Gasteiger partial charge in [-0.15, -0.1) is 0 Å². The van der Waals surface area contributed by atoms with Gasteiger partial charge in [0.2, 0.25) is 0 Å². The first kappa shape index (κ1) is 13.5. The van der Waals surface area contributed by atoms with E-state index in [1.165, 1.54) is 5.69 Å². The predicted molar refractivity (Wildman–Crippen MR) is 75.2 cm³/mol. The summed E-state index contributed by atoms with van der Waals surface area (Å²) in [6, 6.07) is 8.50. The second kappa shape index (κ2) is 6.92. The Hall–Kier alpha value is -0.540. The van der Waals surface area contributed by atoms with Crippen molar-refractivity contribution in [2.45, 2.75) is 13.8 Å². The smallest absolute Gasteiger partial charge is 0.0377 e. The Kier molecular flexibility index (Phi) is 5.85. The van der Waals surface area contributed by atoms with Crippen LogP contribution in [0.15, 0.2) is 28.7 Å². The van der Waals surface area contributed by atoms with Crippen LogP contribution in [0.25, 0.3) is 0 Å². The molecular formula is C13H21BrN2. The van der Waals surface area contributed by atoms with Crippen LogP contribution in [0.5, 0.6) is 0 Å². The standard InChI is InChI=1S/C13H21BrN2/c1-4-15(3)9-10-16(5-2)13-8-6-7-12(14)11-13/h6-8,11H,4-5,9-10H2,1-3H3. The number of hydrogen-bond acceptors (Lipinski definition) is 2. The molecule has 16 heavy (non-hydrogen) atoms. The van der Waals surface area contributed by atoms with Crippen LogP contribution in [-0.2, 0) is 0 Å². The molecular weight excluding hydrogens is 264 g/mol. The number of benzene rings is 1. The van der Waals surface area contributed by atoms with E-state index in [-0.39, 0.29) is 0 Å². The Morgan fingerprint density at radius 3 is 2.44 bits per heavy atom. The van der Waals surface area contributed by atoms with Gasteiger partial charge in [-0.05, 0) is 38.7 Å². The first-order valence-electron chi connectivity index (χ1n) is 5.86. The average Bonchev–Trinajstić information content (AvgIpc) is 2.29. The largest absolute Gasteiger partial charge is 0.370 e. The highest BCUT2D eigenvalue weighted by atomic mass is 79.9. The minimum atomic E-state index is 1.05. The molecule has 90 valence electrons. The van der Waals surface area contributed by atoms with Gasteiger partial charge in [0.15, 0.2) is 0 Å². The highest BCUT2D eigenvalue weighted by molar-refractivity contribution is 9.10. The lowest BCUT2D eigenvalue weighted by Crippen LogP contribution is -2.33. The zero-order chi connectivity index (χ0) is 12.0. The molecule has 0 amide bonds. The molecule has 0 fully saturated rings. The van der Waals surface area contributed by atoms with Gasteiger partial charge in [0, 0.05) is 29.8 Å². The van der Waals surface area contributed by atoms with E-state index in [2.05, 4.69) is 70.9 Å². The molecule has 0 aliphatic heterocycles. The molecule has 0 N–H and O–H groups in total. The monoisotopic (exact) mass is 284 g/mol. The Labute approximate surface area is 107 Å². The summed E-state index contributed by atoms with van der Waals surface area (Å²) in [5, 5.41) is 0. The minimum absolute atomic E-state index is 1.05. The second-order valence-corrected chi connectivity index (χ2v) is 4.87. The Morgan fingerprint density at radius 2 is 1.88 bits per heavy atom. The number of hydrogen-bond donors (Lipinski definition) is 0. The average molecular weight is 285 g/mol. The Balaban J connectivity index is 2.60. The SMILES string of the molecule is CCN(C)CCN(CC)c1cccc(Br)c1. The van der Waals surface area contributed by atoms with Crippen molar-refractivity contribution in [1.29, 1.82) is 0 Å². The highest BCUT2D eigenvalue weighted by Crippen LogP contribution is 2.19. The zero-order valence-corrected chi connectivity index (χ0v) is 12.0. The summed E-state index contributed by atoms with van der Waals surface area (Å²) in [5.74, 6) is 0. The maximum atomic E-state index is 3.52. The third-order valence-electron chi connectivity index (χ3n) is 2.85. The molecule has 2 nitrogen and oxygen atoms in total. The van der Waals surface area contributed by atoms with Crippen LogP contribution in [0, 0.1) is 0 Å². The molecule has 0 aliphatic rings. The van der Waals surface area contributed by atoms with Crippen molar-refractivity contribution in [3.8, 4) is 0 Å². The minimum Gasteiger partial charge on any atom is -0.370 e.